The van der Waals surface area contributed by atoms with E-state index in [-0.39, 0.29) is 6.04 Å². The van der Waals surface area contributed by atoms with Gasteiger partial charge in [-0.2, -0.15) is 0 Å². The molecule has 0 radical (unpaired) electrons. The second-order valence-electron chi connectivity index (χ2n) is 7.55. The van der Waals surface area contributed by atoms with E-state index in [2.05, 4.69) is 62.6 Å². The molecule has 2 aliphatic heterocycles. The first kappa shape index (κ1) is 16.7. The molecular formula is C19H28N6. The third-order valence-electron chi connectivity index (χ3n) is 6.02. The van der Waals surface area contributed by atoms with Crippen molar-refractivity contribution in [3.8, 4) is 0 Å². The largest absolute Gasteiger partial charge is 0.296 e. The van der Waals surface area contributed by atoms with Gasteiger partial charge in [-0.3, -0.25) is 9.80 Å². The first-order valence-corrected chi connectivity index (χ1v) is 9.46. The molecule has 0 saturated carbocycles. The maximum atomic E-state index is 4.22. The van der Waals surface area contributed by atoms with Crippen molar-refractivity contribution < 1.29 is 0 Å². The zero-order valence-corrected chi connectivity index (χ0v) is 15.3. The minimum absolute atomic E-state index is 0.283. The SMILES string of the molecule is C[C@H](c1nnnn1C)N1CC[C@@H]2[C@H](CCCN2Cc2ccccc2)C1. The number of benzene rings is 1. The molecule has 0 bridgehead atoms. The van der Waals surface area contributed by atoms with Crippen LogP contribution in [0.25, 0.3) is 0 Å². The van der Waals surface area contributed by atoms with Crippen LogP contribution in [0.1, 0.15) is 43.6 Å². The first-order chi connectivity index (χ1) is 12.2. The number of rotatable bonds is 4. The van der Waals surface area contributed by atoms with Gasteiger partial charge >= 0.3 is 0 Å². The van der Waals surface area contributed by atoms with Crippen LogP contribution >= 0.6 is 0 Å². The summed E-state index contributed by atoms with van der Waals surface area (Å²) in [6.45, 7) is 6.84. The van der Waals surface area contributed by atoms with Crippen LogP contribution in [-0.2, 0) is 13.6 Å². The van der Waals surface area contributed by atoms with E-state index in [1.165, 1.54) is 31.4 Å². The van der Waals surface area contributed by atoms with Crippen LogP contribution in [-0.4, -0.2) is 55.7 Å². The summed E-state index contributed by atoms with van der Waals surface area (Å²) < 4.78 is 1.80. The Morgan fingerprint density at radius 2 is 2.00 bits per heavy atom. The molecular weight excluding hydrogens is 312 g/mol. The van der Waals surface area contributed by atoms with Gasteiger partial charge in [-0.15, -0.1) is 5.10 Å². The van der Waals surface area contributed by atoms with E-state index in [0.29, 0.717) is 0 Å². The Labute approximate surface area is 149 Å². The van der Waals surface area contributed by atoms with Gasteiger partial charge in [0.15, 0.2) is 5.82 Å². The van der Waals surface area contributed by atoms with Gasteiger partial charge in [0.2, 0.25) is 0 Å². The number of likely N-dealkylation sites (tertiary alicyclic amines) is 2. The molecule has 2 fully saturated rings. The molecule has 0 spiro atoms. The molecule has 0 amide bonds. The van der Waals surface area contributed by atoms with E-state index in [9.17, 15) is 0 Å². The van der Waals surface area contributed by atoms with Gasteiger partial charge in [-0.05, 0) is 54.6 Å². The Hall–Kier alpha value is -1.79. The minimum Gasteiger partial charge on any atom is -0.296 e. The third-order valence-corrected chi connectivity index (χ3v) is 6.02. The van der Waals surface area contributed by atoms with Crippen LogP contribution in [0.2, 0.25) is 0 Å². The summed E-state index contributed by atoms with van der Waals surface area (Å²) in [5.74, 6) is 1.73. The van der Waals surface area contributed by atoms with Crippen LogP contribution in [0, 0.1) is 5.92 Å². The summed E-state index contributed by atoms with van der Waals surface area (Å²) in [7, 11) is 1.93. The van der Waals surface area contributed by atoms with Gasteiger partial charge in [-0.1, -0.05) is 30.3 Å². The topological polar surface area (TPSA) is 50.1 Å². The van der Waals surface area contributed by atoms with Crippen LogP contribution < -0.4 is 0 Å². The van der Waals surface area contributed by atoms with Crippen LogP contribution in [0.5, 0.6) is 0 Å². The van der Waals surface area contributed by atoms with Crippen molar-refractivity contribution in [2.75, 3.05) is 19.6 Å². The molecule has 2 aliphatic rings. The Kier molecular flexibility index (Phi) is 4.81. The molecule has 0 unspecified atom stereocenters. The molecule has 3 heterocycles. The highest BCUT2D eigenvalue weighted by molar-refractivity contribution is 5.15. The van der Waals surface area contributed by atoms with Gasteiger partial charge in [0.1, 0.15) is 0 Å². The van der Waals surface area contributed by atoms with Crippen LogP contribution in [0.4, 0.5) is 0 Å². The normalized spacial score (nSPS) is 26.3. The van der Waals surface area contributed by atoms with Crippen LogP contribution in [0.15, 0.2) is 30.3 Å². The van der Waals surface area contributed by atoms with Crippen molar-refractivity contribution in [2.45, 2.75) is 44.8 Å². The van der Waals surface area contributed by atoms with Gasteiger partial charge < -0.3 is 0 Å². The van der Waals surface area contributed by atoms with E-state index in [4.69, 9.17) is 0 Å². The number of hydrogen-bond donors (Lipinski definition) is 0. The quantitative estimate of drug-likeness (QED) is 0.854. The number of piperidine rings is 2. The zero-order valence-electron chi connectivity index (χ0n) is 15.3. The molecule has 3 atom stereocenters. The molecule has 25 heavy (non-hydrogen) atoms. The predicted octanol–water partition coefficient (Wildman–Crippen LogP) is 2.26. The van der Waals surface area contributed by atoms with Crippen molar-refractivity contribution in [3.63, 3.8) is 0 Å². The average molecular weight is 340 g/mol. The number of aryl methyl sites for hydroxylation is 1. The first-order valence-electron chi connectivity index (χ1n) is 9.46. The van der Waals surface area contributed by atoms with E-state index < -0.39 is 0 Å². The molecule has 1 aromatic carbocycles. The second-order valence-corrected chi connectivity index (χ2v) is 7.55. The lowest BCUT2D eigenvalue weighted by Crippen LogP contribution is -2.54. The molecule has 1 aromatic heterocycles. The zero-order chi connectivity index (χ0) is 17.2. The summed E-state index contributed by atoms with van der Waals surface area (Å²) >= 11 is 0. The lowest BCUT2D eigenvalue weighted by molar-refractivity contribution is 0.00366. The van der Waals surface area contributed by atoms with Gasteiger partial charge in [0.25, 0.3) is 0 Å². The van der Waals surface area contributed by atoms with E-state index >= 15 is 0 Å². The van der Waals surface area contributed by atoms with Crippen molar-refractivity contribution in [3.05, 3.63) is 41.7 Å². The van der Waals surface area contributed by atoms with Crippen molar-refractivity contribution in [1.82, 2.24) is 30.0 Å². The van der Waals surface area contributed by atoms with E-state index in [1.54, 1.807) is 4.68 Å². The fourth-order valence-corrected chi connectivity index (χ4v) is 4.65. The number of hydrogen-bond acceptors (Lipinski definition) is 5. The number of tetrazole rings is 1. The van der Waals surface area contributed by atoms with Crippen molar-refractivity contribution >= 4 is 0 Å². The highest BCUT2D eigenvalue weighted by Gasteiger charge is 2.37. The number of nitrogens with zero attached hydrogens (tertiary/aromatic N) is 6. The van der Waals surface area contributed by atoms with Gasteiger partial charge in [-0.25, -0.2) is 4.68 Å². The van der Waals surface area contributed by atoms with Crippen LogP contribution in [0.3, 0.4) is 0 Å². The second kappa shape index (κ2) is 7.22. The molecule has 2 saturated heterocycles. The highest BCUT2D eigenvalue weighted by atomic mass is 15.5. The fourth-order valence-electron chi connectivity index (χ4n) is 4.65. The maximum absolute atomic E-state index is 4.22. The monoisotopic (exact) mass is 340 g/mol. The molecule has 0 aliphatic carbocycles. The summed E-state index contributed by atoms with van der Waals surface area (Å²) in [6, 6.07) is 11.9. The maximum Gasteiger partial charge on any atom is 0.167 e. The fraction of sp³-hybridized carbons (Fsp3) is 0.632. The lowest BCUT2D eigenvalue weighted by atomic mass is 9.83. The Bertz CT molecular complexity index is 684. The summed E-state index contributed by atoms with van der Waals surface area (Å²) in [6.07, 6.45) is 3.89. The molecule has 6 heteroatoms. The summed E-state index contributed by atoms with van der Waals surface area (Å²) in [5, 5.41) is 12.0. The average Bonchev–Trinajstić information content (AvgIpc) is 3.08. The van der Waals surface area contributed by atoms with Crippen molar-refractivity contribution in [1.29, 1.82) is 0 Å². The third kappa shape index (κ3) is 3.46. The van der Waals surface area contributed by atoms with Crippen molar-refractivity contribution in [2.24, 2.45) is 13.0 Å². The summed E-state index contributed by atoms with van der Waals surface area (Å²) in [5.41, 5.74) is 1.43. The van der Waals surface area contributed by atoms with Gasteiger partial charge in [0, 0.05) is 32.7 Å². The standard InChI is InChI=1S/C19H28N6/c1-15(19-20-21-22-23(19)2)24-12-10-18-17(14-24)9-6-11-25(18)13-16-7-4-3-5-8-16/h3-5,7-8,15,17-18H,6,9-14H2,1-2H3/t15-,17-,18-/m1/s1. The summed E-state index contributed by atoms with van der Waals surface area (Å²) in [4.78, 5) is 5.29. The Morgan fingerprint density at radius 1 is 1.16 bits per heavy atom. The molecule has 4 rings (SSSR count). The minimum atomic E-state index is 0.283. The molecule has 6 nitrogen and oxygen atoms in total. The molecule has 2 aromatic rings. The van der Waals surface area contributed by atoms with E-state index in [0.717, 1.165) is 37.4 Å². The van der Waals surface area contributed by atoms with Gasteiger partial charge in [0.05, 0.1) is 6.04 Å². The molecule has 134 valence electrons. The molecule has 0 N–H and O–H groups in total. The number of aromatic nitrogens is 4. The smallest absolute Gasteiger partial charge is 0.167 e. The number of fused-ring (bicyclic) bond motifs is 1. The Morgan fingerprint density at radius 3 is 2.76 bits per heavy atom. The lowest BCUT2D eigenvalue weighted by Gasteiger charge is -2.48. The predicted molar refractivity (Wildman–Crippen MR) is 96.8 cm³/mol. The Balaban J connectivity index is 1.42. The van der Waals surface area contributed by atoms with E-state index in [1.807, 2.05) is 7.05 Å². The highest BCUT2D eigenvalue weighted by Crippen LogP contribution is 2.34.